The van der Waals surface area contributed by atoms with Gasteiger partial charge in [0.1, 0.15) is 5.78 Å². The highest BCUT2D eigenvalue weighted by Crippen LogP contribution is 2.54. The number of hydrogen-bond acceptors (Lipinski definition) is 5. The minimum absolute atomic E-state index is 0.0488. The second-order valence-corrected chi connectivity index (χ2v) is 7.27. The molecule has 0 aromatic rings. The van der Waals surface area contributed by atoms with Crippen LogP contribution in [-0.2, 0) is 4.79 Å². The van der Waals surface area contributed by atoms with E-state index in [0.717, 1.165) is 0 Å². The molecule has 0 aromatic heterocycles. The molecular formula is C16H26O5. The Kier molecular flexibility index (Phi) is 4.08. The number of hydrogen-bond donors (Lipinski definition) is 4. The summed E-state index contributed by atoms with van der Waals surface area (Å²) in [5.41, 5.74) is -3.54. The highest BCUT2D eigenvalue weighted by molar-refractivity contribution is 5.87. The van der Waals surface area contributed by atoms with Crippen LogP contribution in [-0.4, -0.2) is 50.1 Å². The number of allylic oxidation sites excluding steroid dienone is 1. The van der Waals surface area contributed by atoms with Crippen LogP contribution in [0.4, 0.5) is 0 Å². The first kappa shape index (κ1) is 16.6. The number of aliphatic hydroxyl groups is 4. The molecule has 0 bridgehead atoms. The van der Waals surface area contributed by atoms with E-state index in [9.17, 15) is 20.1 Å². The molecule has 0 saturated heterocycles. The van der Waals surface area contributed by atoms with E-state index in [1.807, 2.05) is 0 Å². The van der Waals surface area contributed by atoms with Crippen LogP contribution in [0.1, 0.15) is 40.0 Å². The van der Waals surface area contributed by atoms with Gasteiger partial charge in [0.05, 0.1) is 22.7 Å². The lowest BCUT2D eigenvalue weighted by molar-refractivity contribution is -0.177. The molecule has 0 amide bonds. The Bertz CT molecular complexity index is 454. The van der Waals surface area contributed by atoms with E-state index in [1.165, 1.54) is 0 Å². The van der Waals surface area contributed by atoms with Gasteiger partial charge in [-0.2, -0.15) is 0 Å². The fourth-order valence-corrected chi connectivity index (χ4v) is 4.23. The molecule has 0 spiro atoms. The molecule has 2 rings (SSSR count). The summed E-state index contributed by atoms with van der Waals surface area (Å²) < 4.78 is 0. The Labute approximate surface area is 125 Å². The summed E-state index contributed by atoms with van der Waals surface area (Å²) in [6, 6.07) is 0. The topological polar surface area (TPSA) is 98.0 Å². The molecule has 5 nitrogen and oxygen atoms in total. The summed E-state index contributed by atoms with van der Waals surface area (Å²) >= 11 is 0. The first-order chi connectivity index (χ1) is 9.55. The quantitative estimate of drug-likeness (QED) is 0.566. The van der Waals surface area contributed by atoms with Crippen LogP contribution in [0.2, 0.25) is 0 Å². The van der Waals surface area contributed by atoms with Crippen molar-refractivity contribution in [3.63, 3.8) is 0 Å². The van der Waals surface area contributed by atoms with Gasteiger partial charge in [-0.1, -0.05) is 12.2 Å². The number of ketones is 1. The number of carbonyl (C=O) groups excluding carboxylic acids is 1. The SMILES string of the molecule is CC1(O)CC(O)C2C(C=CC(C)(O)C2(C)C(=O)CCO)C1. The van der Waals surface area contributed by atoms with Gasteiger partial charge in [0.15, 0.2) is 0 Å². The minimum atomic E-state index is -1.38. The van der Waals surface area contributed by atoms with E-state index < -0.39 is 28.6 Å². The minimum Gasteiger partial charge on any atom is -0.396 e. The van der Waals surface area contributed by atoms with Crippen molar-refractivity contribution in [2.24, 2.45) is 17.3 Å². The third-order valence-electron chi connectivity index (χ3n) is 5.50. The third-order valence-corrected chi connectivity index (χ3v) is 5.50. The predicted molar refractivity (Wildman–Crippen MR) is 77.4 cm³/mol. The van der Waals surface area contributed by atoms with Crippen molar-refractivity contribution in [3.8, 4) is 0 Å². The molecule has 2 aliphatic rings. The molecule has 6 unspecified atom stereocenters. The van der Waals surface area contributed by atoms with Crippen molar-refractivity contribution in [1.82, 2.24) is 0 Å². The van der Waals surface area contributed by atoms with Crippen molar-refractivity contribution in [2.45, 2.75) is 57.3 Å². The average Bonchev–Trinajstić information content (AvgIpc) is 2.32. The Morgan fingerprint density at radius 3 is 2.43 bits per heavy atom. The lowest BCUT2D eigenvalue weighted by Gasteiger charge is -2.56. The van der Waals surface area contributed by atoms with Crippen LogP contribution < -0.4 is 0 Å². The Hall–Kier alpha value is -0.750. The van der Waals surface area contributed by atoms with Crippen LogP contribution in [0.3, 0.4) is 0 Å². The molecule has 120 valence electrons. The highest BCUT2D eigenvalue weighted by atomic mass is 16.3. The normalized spacial score (nSPS) is 49.8. The third kappa shape index (κ3) is 2.57. The lowest BCUT2D eigenvalue weighted by atomic mass is 9.51. The smallest absolute Gasteiger partial charge is 0.144 e. The Balaban J connectivity index is 2.47. The number of Topliss-reactive ketones (excluding diaryl/α,β-unsaturated/α-hetero) is 1. The van der Waals surface area contributed by atoms with Crippen LogP contribution in [0.25, 0.3) is 0 Å². The average molecular weight is 298 g/mol. The maximum Gasteiger partial charge on any atom is 0.144 e. The van der Waals surface area contributed by atoms with Gasteiger partial charge >= 0.3 is 0 Å². The molecule has 2 aliphatic carbocycles. The largest absolute Gasteiger partial charge is 0.396 e. The summed E-state index contributed by atoms with van der Waals surface area (Å²) in [6.45, 7) is 4.63. The molecule has 5 heteroatoms. The van der Waals surface area contributed by atoms with E-state index in [1.54, 1.807) is 32.9 Å². The first-order valence-corrected chi connectivity index (χ1v) is 7.51. The molecule has 0 aromatic carbocycles. The van der Waals surface area contributed by atoms with Gasteiger partial charge in [0.2, 0.25) is 0 Å². The second-order valence-electron chi connectivity index (χ2n) is 7.27. The maximum absolute atomic E-state index is 12.6. The maximum atomic E-state index is 12.6. The van der Waals surface area contributed by atoms with Crippen LogP contribution >= 0.6 is 0 Å². The van der Waals surface area contributed by atoms with Crippen molar-refractivity contribution in [3.05, 3.63) is 12.2 Å². The van der Waals surface area contributed by atoms with Gasteiger partial charge in [-0.25, -0.2) is 0 Å². The predicted octanol–water partition coefficient (Wildman–Crippen LogP) is 0.403. The fourth-order valence-electron chi connectivity index (χ4n) is 4.23. The molecule has 6 atom stereocenters. The number of aliphatic hydroxyl groups excluding tert-OH is 2. The van der Waals surface area contributed by atoms with E-state index in [-0.39, 0.29) is 31.1 Å². The van der Waals surface area contributed by atoms with Crippen LogP contribution in [0.15, 0.2) is 12.2 Å². The van der Waals surface area contributed by atoms with Crippen LogP contribution in [0.5, 0.6) is 0 Å². The highest BCUT2D eigenvalue weighted by Gasteiger charge is 2.60. The number of rotatable bonds is 3. The standard InChI is InChI=1S/C16H26O5/c1-14(20)8-10-4-6-15(2,21)16(3,12(19)5-7-17)13(10)11(18)9-14/h4,6,10-11,13,17-18,20-21H,5,7-9H2,1-3H3. The molecule has 21 heavy (non-hydrogen) atoms. The van der Waals surface area contributed by atoms with Gasteiger partial charge in [0.25, 0.3) is 0 Å². The summed E-state index contributed by atoms with van der Waals surface area (Å²) in [7, 11) is 0. The zero-order valence-corrected chi connectivity index (χ0v) is 12.9. The number of carbonyl (C=O) groups is 1. The molecule has 0 heterocycles. The van der Waals surface area contributed by atoms with E-state index in [0.29, 0.717) is 6.42 Å². The van der Waals surface area contributed by atoms with Gasteiger partial charge in [-0.05, 0) is 33.1 Å². The van der Waals surface area contributed by atoms with E-state index >= 15 is 0 Å². The molecule has 0 aliphatic heterocycles. The zero-order chi connectivity index (χ0) is 16.1. The summed E-state index contributed by atoms with van der Waals surface area (Å²) in [6.07, 6.45) is 3.10. The monoisotopic (exact) mass is 298 g/mol. The van der Waals surface area contributed by atoms with Gasteiger partial charge in [-0.15, -0.1) is 0 Å². The zero-order valence-electron chi connectivity index (χ0n) is 12.9. The summed E-state index contributed by atoms with van der Waals surface area (Å²) in [5.74, 6) is -0.886. The van der Waals surface area contributed by atoms with Crippen molar-refractivity contribution >= 4 is 5.78 Å². The summed E-state index contributed by atoms with van der Waals surface area (Å²) in [5, 5.41) is 40.5. The molecule has 1 fully saturated rings. The van der Waals surface area contributed by atoms with Crippen molar-refractivity contribution in [2.75, 3.05) is 6.61 Å². The van der Waals surface area contributed by atoms with Gasteiger partial charge in [-0.3, -0.25) is 4.79 Å². The number of fused-ring (bicyclic) bond motifs is 1. The molecule has 1 saturated carbocycles. The summed E-state index contributed by atoms with van der Waals surface area (Å²) in [4.78, 5) is 12.6. The molecule has 0 radical (unpaired) electrons. The van der Waals surface area contributed by atoms with Crippen molar-refractivity contribution in [1.29, 1.82) is 0 Å². The molecule has 4 N–H and O–H groups in total. The lowest BCUT2D eigenvalue weighted by Crippen LogP contribution is -2.63. The van der Waals surface area contributed by atoms with E-state index in [2.05, 4.69) is 0 Å². The molecular weight excluding hydrogens is 272 g/mol. The second kappa shape index (κ2) is 5.16. The van der Waals surface area contributed by atoms with Gasteiger partial charge in [0, 0.05) is 25.4 Å². The van der Waals surface area contributed by atoms with Crippen LogP contribution in [0, 0.1) is 17.3 Å². The Morgan fingerprint density at radius 1 is 1.24 bits per heavy atom. The van der Waals surface area contributed by atoms with Gasteiger partial charge < -0.3 is 20.4 Å². The first-order valence-electron chi connectivity index (χ1n) is 7.51. The van der Waals surface area contributed by atoms with E-state index in [4.69, 9.17) is 5.11 Å². The van der Waals surface area contributed by atoms with Crippen molar-refractivity contribution < 1.29 is 25.2 Å². The fraction of sp³-hybridized carbons (Fsp3) is 0.812. The Morgan fingerprint density at radius 2 is 1.86 bits per heavy atom.